The molecule has 7 nitrogen and oxygen atoms in total. The molecule has 1 aliphatic carbocycles. The topological polar surface area (TPSA) is 101 Å². The van der Waals surface area contributed by atoms with E-state index in [1.165, 1.54) is 12.4 Å². The van der Waals surface area contributed by atoms with Gasteiger partial charge in [-0.05, 0) is 18.4 Å². The average Bonchev–Trinajstić information content (AvgIpc) is 3.35. The highest BCUT2D eigenvalue weighted by atomic mass is 16.5. The number of rotatable bonds is 5. The van der Waals surface area contributed by atoms with Crippen LogP contribution in [0.25, 0.3) is 0 Å². The molecule has 2 N–H and O–H groups in total. The van der Waals surface area contributed by atoms with Gasteiger partial charge in [0.25, 0.3) is 0 Å². The van der Waals surface area contributed by atoms with Gasteiger partial charge < -0.3 is 15.2 Å². The minimum Gasteiger partial charge on any atom is -0.478 e. The lowest BCUT2D eigenvalue weighted by molar-refractivity contribution is 0.0695. The number of carboxylic acid groups (broad SMARTS) is 1. The molecule has 0 saturated heterocycles. The van der Waals surface area contributed by atoms with Crippen LogP contribution >= 0.6 is 0 Å². The minimum absolute atomic E-state index is 0.0104. The van der Waals surface area contributed by atoms with Crippen molar-refractivity contribution < 1.29 is 19.4 Å². The van der Waals surface area contributed by atoms with Gasteiger partial charge in [0.2, 0.25) is 0 Å². The van der Waals surface area contributed by atoms with Crippen LogP contribution in [0.2, 0.25) is 0 Å². The summed E-state index contributed by atoms with van der Waals surface area (Å²) in [6.45, 7) is 0.182. The highest BCUT2D eigenvalue weighted by molar-refractivity contribution is 5.86. The monoisotopic (exact) mass is 313 g/mol. The largest absolute Gasteiger partial charge is 0.478 e. The summed E-state index contributed by atoms with van der Waals surface area (Å²) in [6, 6.07) is 9.37. The fourth-order valence-electron chi connectivity index (χ4n) is 2.17. The molecule has 0 unspecified atom stereocenters. The van der Waals surface area contributed by atoms with E-state index in [0.717, 1.165) is 5.56 Å². The van der Waals surface area contributed by atoms with E-state index in [9.17, 15) is 9.59 Å². The summed E-state index contributed by atoms with van der Waals surface area (Å²) >= 11 is 0. The molecule has 2 aromatic rings. The predicted molar refractivity (Wildman–Crippen MR) is 79.7 cm³/mol. The number of ether oxygens (including phenoxy) is 1. The van der Waals surface area contributed by atoms with Crippen molar-refractivity contribution in [2.24, 2.45) is 0 Å². The minimum atomic E-state index is -1.09. The third-order valence-electron chi connectivity index (χ3n) is 3.63. The summed E-state index contributed by atoms with van der Waals surface area (Å²) in [5.74, 6) is -0.684. The first-order valence-electron chi connectivity index (χ1n) is 7.14. The van der Waals surface area contributed by atoms with E-state index in [0.29, 0.717) is 18.7 Å². The van der Waals surface area contributed by atoms with Gasteiger partial charge in [0.15, 0.2) is 5.82 Å². The highest BCUT2D eigenvalue weighted by Crippen LogP contribution is 2.43. The molecule has 1 heterocycles. The molecule has 1 saturated carbocycles. The Kier molecular flexibility index (Phi) is 3.92. The summed E-state index contributed by atoms with van der Waals surface area (Å²) in [5.41, 5.74) is 0.260. The first-order chi connectivity index (χ1) is 11.1. The second-order valence-electron chi connectivity index (χ2n) is 5.37. The van der Waals surface area contributed by atoms with Gasteiger partial charge in [0.05, 0.1) is 5.56 Å². The number of amides is 1. The Morgan fingerprint density at radius 1 is 1.17 bits per heavy atom. The van der Waals surface area contributed by atoms with Crippen LogP contribution in [0.1, 0.15) is 34.6 Å². The smallest absolute Gasteiger partial charge is 0.408 e. The molecule has 1 aromatic heterocycles. The molecular weight excluding hydrogens is 298 g/mol. The highest BCUT2D eigenvalue weighted by Gasteiger charge is 2.49. The molecule has 0 radical (unpaired) electrons. The second kappa shape index (κ2) is 6.04. The van der Waals surface area contributed by atoms with Crippen LogP contribution in [-0.2, 0) is 16.9 Å². The zero-order valence-corrected chi connectivity index (χ0v) is 12.2. The molecule has 1 aliphatic rings. The van der Waals surface area contributed by atoms with E-state index < -0.39 is 17.6 Å². The number of hydrogen-bond acceptors (Lipinski definition) is 5. The van der Waals surface area contributed by atoms with Crippen LogP contribution in [0.3, 0.4) is 0 Å². The maximum atomic E-state index is 11.9. The number of carbonyl (C=O) groups is 2. The lowest BCUT2D eigenvalue weighted by Gasteiger charge is -2.16. The molecule has 1 fully saturated rings. The quantitative estimate of drug-likeness (QED) is 0.876. The molecule has 1 aromatic carbocycles. The van der Waals surface area contributed by atoms with E-state index in [1.54, 1.807) is 0 Å². The number of nitrogens with one attached hydrogen (secondary N) is 1. The van der Waals surface area contributed by atoms with Gasteiger partial charge in [-0.1, -0.05) is 30.3 Å². The molecule has 118 valence electrons. The van der Waals surface area contributed by atoms with Crippen molar-refractivity contribution in [3.8, 4) is 0 Å². The molecule has 3 rings (SSSR count). The molecule has 0 aliphatic heterocycles. The van der Waals surface area contributed by atoms with Crippen LogP contribution in [0.5, 0.6) is 0 Å². The number of aromatic carboxylic acids is 1. The van der Waals surface area contributed by atoms with Crippen LogP contribution < -0.4 is 5.32 Å². The first-order valence-corrected chi connectivity index (χ1v) is 7.14. The molecule has 23 heavy (non-hydrogen) atoms. The SMILES string of the molecule is O=C(NC1(c2ncc(C(=O)O)cn2)CC1)OCc1ccccc1. The zero-order chi connectivity index (χ0) is 16.3. The number of carbonyl (C=O) groups excluding carboxylic acids is 1. The Hall–Kier alpha value is -2.96. The van der Waals surface area contributed by atoms with Crippen molar-refractivity contribution in [1.29, 1.82) is 0 Å². The maximum Gasteiger partial charge on any atom is 0.408 e. The van der Waals surface area contributed by atoms with Gasteiger partial charge in [-0.3, -0.25) is 0 Å². The average molecular weight is 313 g/mol. The van der Waals surface area contributed by atoms with E-state index in [4.69, 9.17) is 9.84 Å². The van der Waals surface area contributed by atoms with Crippen LogP contribution in [0, 0.1) is 0 Å². The van der Waals surface area contributed by atoms with Gasteiger partial charge in [-0.15, -0.1) is 0 Å². The normalized spacial score (nSPS) is 14.8. The lowest BCUT2D eigenvalue weighted by Crippen LogP contribution is -2.36. The van der Waals surface area contributed by atoms with Crippen molar-refractivity contribution in [3.05, 3.63) is 59.7 Å². The zero-order valence-electron chi connectivity index (χ0n) is 12.2. The lowest BCUT2D eigenvalue weighted by atomic mass is 10.2. The third-order valence-corrected chi connectivity index (χ3v) is 3.63. The number of nitrogens with zero attached hydrogens (tertiary/aromatic N) is 2. The maximum absolute atomic E-state index is 11.9. The van der Waals surface area contributed by atoms with Gasteiger partial charge >= 0.3 is 12.1 Å². The van der Waals surface area contributed by atoms with Crippen molar-refractivity contribution in [2.45, 2.75) is 25.0 Å². The first kappa shape index (κ1) is 15.0. The summed E-state index contributed by atoms with van der Waals surface area (Å²) in [6.07, 6.45) is 3.32. The molecule has 0 atom stereocenters. The Morgan fingerprint density at radius 3 is 2.39 bits per heavy atom. The van der Waals surface area contributed by atoms with Crippen molar-refractivity contribution in [1.82, 2.24) is 15.3 Å². The van der Waals surface area contributed by atoms with E-state index in [1.807, 2.05) is 30.3 Å². The van der Waals surface area contributed by atoms with Crippen LogP contribution in [-0.4, -0.2) is 27.1 Å². The molecule has 1 amide bonds. The molecule has 0 spiro atoms. The van der Waals surface area contributed by atoms with E-state index >= 15 is 0 Å². The van der Waals surface area contributed by atoms with Crippen LogP contribution in [0.4, 0.5) is 4.79 Å². The second-order valence-corrected chi connectivity index (χ2v) is 5.37. The van der Waals surface area contributed by atoms with E-state index in [2.05, 4.69) is 15.3 Å². The van der Waals surface area contributed by atoms with Gasteiger partial charge in [-0.2, -0.15) is 0 Å². The summed E-state index contributed by atoms with van der Waals surface area (Å²) < 4.78 is 5.19. The van der Waals surface area contributed by atoms with Crippen molar-refractivity contribution >= 4 is 12.1 Å². The standard InChI is InChI=1S/C16H15N3O4/c20-13(21)12-8-17-14(18-9-12)16(6-7-16)19-15(22)23-10-11-4-2-1-3-5-11/h1-5,8-9H,6-7,10H2,(H,19,22)(H,20,21). The number of alkyl carbamates (subject to hydrolysis) is 1. The van der Waals surface area contributed by atoms with Gasteiger partial charge in [-0.25, -0.2) is 19.6 Å². The van der Waals surface area contributed by atoms with Gasteiger partial charge in [0.1, 0.15) is 12.1 Å². The Balaban J connectivity index is 1.60. The van der Waals surface area contributed by atoms with Crippen molar-refractivity contribution in [2.75, 3.05) is 0 Å². The molecule has 7 heteroatoms. The summed E-state index contributed by atoms with van der Waals surface area (Å²) in [4.78, 5) is 30.8. The predicted octanol–water partition coefficient (Wildman–Crippen LogP) is 2.09. The molecule has 0 bridgehead atoms. The number of aromatic nitrogens is 2. The summed E-state index contributed by atoms with van der Waals surface area (Å²) in [5, 5.41) is 11.6. The Bertz CT molecular complexity index is 712. The third kappa shape index (κ3) is 3.45. The molecular formula is C16H15N3O4. The number of benzene rings is 1. The fraction of sp³-hybridized carbons (Fsp3) is 0.250. The van der Waals surface area contributed by atoms with E-state index in [-0.39, 0.29) is 12.2 Å². The Morgan fingerprint density at radius 2 is 1.83 bits per heavy atom. The number of hydrogen-bond donors (Lipinski definition) is 2. The summed E-state index contributed by atoms with van der Waals surface area (Å²) in [7, 11) is 0. The number of carboxylic acids is 1. The Labute approximate surface area is 132 Å². The van der Waals surface area contributed by atoms with Crippen molar-refractivity contribution in [3.63, 3.8) is 0 Å². The fourth-order valence-corrected chi connectivity index (χ4v) is 2.17. The van der Waals surface area contributed by atoms with Gasteiger partial charge in [0, 0.05) is 12.4 Å². The van der Waals surface area contributed by atoms with Crippen LogP contribution in [0.15, 0.2) is 42.7 Å².